The van der Waals surface area contributed by atoms with E-state index in [1.165, 1.54) is 17.8 Å². The van der Waals surface area contributed by atoms with Crippen LogP contribution in [0.5, 0.6) is 0 Å². The molecule has 0 radical (unpaired) electrons. The van der Waals surface area contributed by atoms with Gasteiger partial charge < -0.3 is 10.2 Å². The van der Waals surface area contributed by atoms with Gasteiger partial charge in [-0.2, -0.15) is 0 Å². The SMILES string of the molecule is C[C@H](C(=O)NC1CCCC1)N(CCc1ccccc1)C(=O)CSCc1ccccc1F. The van der Waals surface area contributed by atoms with Crippen molar-refractivity contribution in [1.82, 2.24) is 10.2 Å². The van der Waals surface area contributed by atoms with Gasteiger partial charge in [0.15, 0.2) is 0 Å². The number of hydrogen-bond acceptors (Lipinski definition) is 3. The van der Waals surface area contributed by atoms with E-state index in [1.807, 2.05) is 30.3 Å². The van der Waals surface area contributed by atoms with Crippen molar-refractivity contribution in [2.75, 3.05) is 12.3 Å². The number of carbonyl (C=O) groups is 2. The normalized spacial score (nSPS) is 14.9. The molecule has 0 bridgehead atoms. The molecule has 1 N–H and O–H groups in total. The van der Waals surface area contributed by atoms with Crippen LogP contribution in [0.3, 0.4) is 0 Å². The van der Waals surface area contributed by atoms with Crippen molar-refractivity contribution in [3.8, 4) is 0 Å². The Hall–Kier alpha value is -2.34. The second kappa shape index (κ2) is 11.9. The number of amides is 2. The summed E-state index contributed by atoms with van der Waals surface area (Å²) in [7, 11) is 0. The van der Waals surface area contributed by atoms with Crippen molar-refractivity contribution >= 4 is 23.6 Å². The minimum absolute atomic E-state index is 0.0904. The summed E-state index contributed by atoms with van der Waals surface area (Å²) in [6.45, 7) is 2.27. The van der Waals surface area contributed by atoms with Gasteiger partial charge in [0.2, 0.25) is 11.8 Å². The van der Waals surface area contributed by atoms with Crippen molar-refractivity contribution in [3.63, 3.8) is 0 Å². The van der Waals surface area contributed by atoms with Crippen molar-refractivity contribution in [2.24, 2.45) is 0 Å². The van der Waals surface area contributed by atoms with Gasteiger partial charge in [0.1, 0.15) is 11.9 Å². The molecule has 0 saturated heterocycles. The van der Waals surface area contributed by atoms with Crippen LogP contribution < -0.4 is 5.32 Å². The van der Waals surface area contributed by atoms with E-state index in [-0.39, 0.29) is 29.4 Å². The molecular weight excluding hydrogens is 411 g/mol. The van der Waals surface area contributed by atoms with Gasteiger partial charge in [-0.1, -0.05) is 61.4 Å². The number of nitrogens with one attached hydrogen (secondary N) is 1. The minimum Gasteiger partial charge on any atom is -0.352 e. The molecule has 166 valence electrons. The molecule has 2 aromatic rings. The van der Waals surface area contributed by atoms with Gasteiger partial charge in [-0.25, -0.2) is 4.39 Å². The van der Waals surface area contributed by atoms with E-state index >= 15 is 0 Å². The van der Waals surface area contributed by atoms with Gasteiger partial charge in [0, 0.05) is 18.3 Å². The zero-order valence-corrected chi connectivity index (χ0v) is 18.9. The Morgan fingerprint density at radius 2 is 1.77 bits per heavy atom. The first kappa shape index (κ1) is 23.3. The summed E-state index contributed by atoms with van der Waals surface area (Å²) >= 11 is 1.38. The molecule has 0 heterocycles. The van der Waals surface area contributed by atoms with Crippen molar-refractivity contribution in [1.29, 1.82) is 0 Å². The molecule has 0 unspecified atom stereocenters. The van der Waals surface area contributed by atoms with E-state index in [0.717, 1.165) is 31.2 Å². The van der Waals surface area contributed by atoms with Crippen molar-refractivity contribution < 1.29 is 14.0 Å². The van der Waals surface area contributed by atoms with Crippen LogP contribution in [0.2, 0.25) is 0 Å². The standard InChI is InChI=1S/C25H31FN2O2S/c1-19(25(30)27-22-12-6-7-13-22)28(16-15-20-9-3-2-4-10-20)24(29)18-31-17-21-11-5-8-14-23(21)26/h2-5,8-11,14,19,22H,6-7,12-13,15-18H2,1H3,(H,27,30)/t19-/m1/s1. The van der Waals surface area contributed by atoms with Crippen LogP contribution in [0.4, 0.5) is 4.39 Å². The van der Waals surface area contributed by atoms with Gasteiger partial charge in [-0.05, 0) is 43.4 Å². The van der Waals surface area contributed by atoms with Crippen LogP contribution in [0.25, 0.3) is 0 Å². The minimum atomic E-state index is -0.536. The van der Waals surface area contributed by atoms with E-state index in [4.69, 9.17) is 0 Å². The van der Waals surface area contributed by atoms with E-state index < -0.39 is 6.04 Å². The van der Waals surface area contributed by atoms with E-state index in [2.05, 4.69) is 5.32 Å². The first-order valence-electron chi connectivity index (χ1n) is 11.0. The van der Waals surface area contributed by atoms with E-state index in [0.29, 0.717) is 24.3 Å². The first-order chi connectivity index (χ1) is 15.0. The van der Waals surface area contributed by atoms with Crippen molar-refractivity contribution in [3.05, 3.63) is 71.5 Å². The molecule has 0 spiro atoms. The Kier molecular flexibility index (Phi) is 8.95. The lowest BCUT2D eigenvalue weighted by Gasteiger charge is -2.29. The fraction of sp³-hybridized carbons (Fsp3) is 0.440. The summed E-state index contributed by atoms with van der Waals surface area (Å²) in [5.74, 6) is 0.198. The largest absolute Gasteiger partial charge is 0.352 e. The van der Waals surface area contributed by atoms with Crippen LogP contribution in [0.15, 0.2) is 54.6 Å². The summed E-state index contributed by atoms with van der Waals surface area (Å²) in [6.07, 6.45) is 4.99. The molecule has 4 nitrogen and oxygen atoms in total. The van der Waals surface area contributed by atoms with E-state index in [9.17, 15) is 14.0 Å². The summed E-state index contributed by atoms with van der Waals surface area (Å²) in [4.78, 5) is 27.6. The maximum atomic E-state index is 13.8. The van der Waals surface area contributed by atoms with Crippen LogP contribution in [0, 0.1) is 5.82 Å². The highest BCUT2D eigenvalue weighted by atomic mass is 32.2. The lowest BCUT2D eigenvalue weighted by atomic mass is 10.1. The molecule has 1 saturated carbocycles. The number of rotatable bonds is 10. The predicted molar refractivity (Wildman–Crippen MR) is 124 cm³/mol. The third-order valence-electron chi connectivity index (χ3n) is 5.79. The zero-order chi connectivity index (χ0) is 22.1. The number of carbonyl (C=O) groups excluding carboxylic acids is 2. The Balaban J connectivity index is 1.60. The van der Waals surface area contributed by atoms with Gasteiger partial charge >= 0.3 is 0 Å². The molecule has 2 aromatic carbocycles. The van der Waals surface area contributed by atoms with Crippen LogP contribution >= 0.6 is 11.8 Å². The molecule has 1 aliphatic carbocycles. The third kappa shape index (κ3) is 7.10. The number of thioether (sulfide) groups is 1. The van der Waals surface area contributed by atoms with Gasteiger partial charge in [-0.3, -0.25) is 9.59 Å². The predicted octanol–water partition coefficient (Wildman–Crippen LogP) is 4.58. The summed E-state index contributed by atoms with van der Waals surface area (Å²) < 4.78 is 13.8. The number of halogens is 1. The Bertz CT molecular complexity index is 856. The monoisotopic (exact) mass is 442 g/mol. The van der Waals surface area contributed by atoms with Crippen LogP contribution in [-0.4, -0.2) is 41.1 Å². The Morgan fingerprint density at radius 3 is 2.48 bits per heavy atom. The molecule has 2 amide bonds. The number of benzene rings is 2. The summed E-state index contributed by atoms with van der Waals surface area (Å²) in [5, 5.41) is 3.11. The highest BCUT2D eigenvalue weighted by Gasteiger charge is 2.28. The highest BCUT2D eigenvalue weighted by Crippen LogP contribution is 2.19. The third-order valence-corrected chi connectivity index (χ3v) is 6.76. The Morgan fingerprint density at radius 1 is 1.10 bits per heavy atom. The highest BCUT2D eigenvalue weighted by molar-refractivity contribution is 7.99. The molecular formula is C25H31FN2O2S. The average Bonchev–Trinajstić information content (AvgIpc) is 3.29. The number of hydrogen-bond donors (Lipinski definition) is 1. The fourth-order valence-electron chi connectivity index (χ4n) is 3.91. The first-order valence-corrected chi connectivity index (χ1v) is 12.1. The molecule has 1 atom stereocenters. The van der Waals surface area contributed by atoms with Gasteiger partial charge in [0.05, 0.1) is 5.75 Å². The maximum Gasteiger partial charge on any atom is 0.242 e. The topological polar surface area (TPSA) is 49.4 Å². The quantitative estimate of drug-likeness (QED) is 0.586. The van der Waals surface area contributed by atoms with Gasteiger partial charge in [0.25, 0.3) is 0 Å². The molecule has 0 aliphatic heterocycles. The summed E-state index contributed by atoms with van der Waals surface area (Å²) in [5.41, 5.74) is 1.71. The lowest BCUT2D eigenvalue weighted by Crippen LogP contribution is -2.51. The summed E-state index contributed by atoms with van der Waals surface area (Å²) in [6, 6.07) is 16.3. The lowest BCUT2D eigenvalue weighted by molar-refractivity contribution is -0.138. The maximum absolute atomic E-state index is 13.8. The second-order valence-corrected chi connectivity index (χ2v) is 9.06. The van der Waals surface area contributed by atoms with E-state index in [1.54, 1.807) is 30.0 Å². The number of nitrogens with zero attached hydrogens (tertiary/aromatic N) is 1. The molecule has 1 fully saturated rings. The van der Waals surface area contributed by atoms with Gasteiger partial charge in [-0.15, -0.1) is 11.8 Å². The Labute approximate surface area is 188 Å². The molecule has 1 aliphatic rings. The van der Waals surface area contributed by atoms with Crippen LogP contribution in [0.1, 0.15) is 43.7 Å². The molecule has 0 aromatic heterocycles. The smallest absolute Gasteiger partial charge is 0.242 e. The second-order valence-electron chi connectivity index (χ2n) is 8.07. The molecule has 31 heavy (non-hydrogen) atoms. The molecule has 3 rings (SSSR count). The molecule has 6 heteroatoms. The average molecular weight is 443 g/mol. The van der Waals surface area contributed by atoms with Crippen LogP contribution in [-0.2, 0) is 21.8 Å². The fourth-order valence-corrected chi connectivity index (χ4v) is 4.81. The van der Waals surface area contributed by atoms with Crippen molar-refractivity contribution in [2.45, 2.75) is 56.9 Å². The zero-order valence-electron chi connectivity index (χ0n) is 18.1.